The Kier molecular flexibility index (Phi) is 4.62. The summed E-state index contributed by atoms with van der Waals surface area (Å²) in [5.41, 5.74) is 0.986. The Morgan fingerprint density at radius 2 is 2.08 bits per heavy atom. The molecule has 0 unspecified atom stereocenters. The van der Waals surface area contributed by atoms with Crippen molar-refractivity contribution in [2.24, 2.45) is 0 Å². The largest absolute Gasteiger partial charge is 0.505 e. The number of fused-ring (bicyclic) bond motifs is 1. The number of hydrogen-bond acceptors (Lipinski definition) is 7. The third-order valence-electron chi connectivity index (χ3n) is 3.19. The van der Waals surface area contributed by atoms with Crippen LogP contribution in [0.2, 0.25) is 0 Å². The summed E-state index contributed by atoms with van der Waals surface area (Å²) in [5, 5.41) is 12.6. The van der Waals surface area contributed by atoms with E-state index in [2.05, 4.69) is 15.3 Å². The third kappa shape index (κ3) is 3.74. The lowest BCUT2D eigenvalue weighted by Gasteiger charge is -2.07. The number of pyridine rings is 1. The summed E-state index contributed by atoms with van der Waals surface area (Å²) >= 11 is 1.22. The highest BCUT2D eigenvalue weighted by molar-refractivity contribution is 7.22. The highest BCUT2D eigenvalue weighted by atomic mass is 32.1. The number of aromatic hydroxyl groups is 1. The molecule has 2 aromatic heterocycles. The highest BCUT2D eigenvalue weighted by Gasteiger charge is 2.16. The number of amides is 1. The summed E-state index contributed by atoms with van der Waals surface area (Å²) < 4.78 is 5.90. The van der Waals surface area contributed by atoms with Gasteiger partial charge in [-0.15, -0.1) is 0 Å². The summed E-state index contributed by atoms with van der Waals surface area (Å²) in [6.45, 7) is 3.56. The molecule has 0 spiro atoms. The van der Waals surface area contributed by atoms with Gasteiger partial charge in [0.15, 0.2) is 10.8 Å². The van der Waals surface area contributed by atoms with Crippen LogP contribution in [0, 0.1) is 0 Å². The summed E-state index contributed by atoms with van der Waals surface area (Å²) in [4.78, 5) is 32.3. The Hall–Kier alpha value is -3.00. The molecule has 3 aromatic rings. The van der Waals surface area contributed by atoms with Crippen LogP contribution in [-0.2, 0) is 4.74 Å². The van der Waals surface area contributed by atoms with Crippen LogP contribution in [0.3, 0.4) is 0 Å². The van der Waals surface area contributed by atoms with Gasteiger partial charge in [0.25, 0.3) is 5.91 Å². The van der Waals surface area contributed by atoms with Crippen LogP contribution in [0.1, 0.15) is 34.7 Å². The van der Waals surface area contributed by atoms with Gasteiger partial charge < -0.3 is 9.84 Å². The van der Waals surface area contributed by atoms with Crippen molar-refractivity contribution in [2.75, 3.05) is 5.32 Å². The van der Waals surface area contributed by atoms with E-state index in [-0.39, 0.29) is 17.5 Å². The molecule has 0 bridgehead atoms. The minimum atomic E-state index is -0.559. The molecule has 0 aliphatic heterocycles. The Morgan fingerprint density at radius 3 is 2.80 bits per heavy atom. The van der Waals surface area contributed by atoms with E-state index in [1.54, 1.807) is 32.0 Å². The number of nitrogens with zero attached hydrogens (tertiary/aromatic N) is 2. The van der Waals surface area contributed by atoms with Crippen molar-refractivity contribution < 1.29 is 19.4 Å². The van der Waals surface area contributed by atoms with E-state index in [1.807, 2.05) is 0 Å². The number of rotatable bonds is 4. The maximum Gasteiger partial charge on any atom is 0.338 e. The van der Waals surface area contributed by atoms with Crippen LogP contribution in [0.5, 0.6) is 5.75 Å². The monoisotopic (exact) mass is 357 g/mol. The van der Waals surface area contributed by atoms with Gasteiger partial charge >= 0.3 is 5.97 Å². The second-order valence-electron chi connectivity index (χ2n) is 5.48. The zero-order valence-corrected chi connectivity index (χ0v) is 14.3. The van der Waals surface area contributed by atoms with E-state index < -0.39 is 11.9 Å². The normalized spacial score (nSPS) is 10.8. The molecule has 2 N–H and O–H groups in total. The van der Waals surface area contributed by atoms with Gasteiger partial charge in [0, 0.05) is 6.20 Å². The number of carbonyl (C=O) groups excluding carboxylic acids is 2. The van der Waals surface area contributed by atoms with Gasteiger partial charge in [0.1, 0.15) is 5.75 Å². The summed E-state index contributed by atoms with van der Waals surface area (Å²) in [5.74, 6) is -1.18. The van der Waals surface area contributed by atoms with E-state index in [0.717, 1.165) is 4.70 Å². The fourth-order valence-corrected chi connectivity index (χ4v) is 3.02. The van der Waals surface area contributed by atoms with Gasteiger partial charge in [-0.3, -0.25) is 10.1 Å². The topological polar surface area (TPSA) is 101 Å². The first-order valence-electron chi connectivity index (χ1n) is 7.51. The highest BCUT2D eigenvalue weighted by Crippen LogP contribution is 2.28. The minimum Gasteiger partial charge on any atom is -0.505 e. The standard InChI is InChI=1S/C17H15N3O4S/c1-9(2)24-16(23)10-5-6-11-13(8-10)25-17(19-11)20-15(22)14-12(21)4-3-7-18-14/h3-9,21H,1-2H3,(H,19,20,22). The number of esters is 1. The molecule has 1 amide bonds. The zero-order chi connectivity index (χ0) is 18.0. The molecule has 0 saturated carbocycles. The first-order chi connectivity index (χ1) is 11.9. The quantitative estimate of drug-likeness (QED) is 0.695. The van der Waals surface area contributed by atoms with Gasteiger partial charge in [-0.1, -0.05) is 11.3 Å². The Labute approximate surface area is 147 Å². The van der Waals surface area contributed by atoms with Crippen molar-refractivity contribution in [2.45, 2.75) is 20.0 Å². The lowest BCUT2D eigenvalue weighted by molar-refractivity contribution is 0.0378. The fraction of sp³-hybridized carbons (Fsp3) is 0.176. The predicted molar refractivity (Wildman–Crippen MR) is 94.0 cm³/mol. The van der Waals surface area contributed by atoms with Gasteiger partial charge in [-0.05, 0) is 44.2 Å². The Bertz CT molecular complexity index is 952. The van der Waals surface area contributed by atoms with Crippen LogP contribution in [0.4, 0.5) is 5.13 Å². The molecule has 128 valence electrons. The number of nitrogens with one attached hydrogen (secondary N) is 1. The maximum absolute atomic E-state index is 12.2. The molecule has 1 aromatic carbocycles. The number of hydrogen-bond donors (Lipinski definition) is 2. The van der Waals surface area contributed by atoms with Crippen molar-refractivity contribution in [1.29, 1.82) is 0 Å². The first-order valence-corrected chi connectivity index (χ1v) is 8.32. The summed E-state index contributed by atoms with van der Waals surface area (Å²) in [7, 11) is 0. The molecule has 25 heavy (non-hydrogen) atoms. The van der Waals surface area contributed by atoms with Crippen LogP contribution in [-0.4, -0.2) is 33.1 Å². The van der Waals surface area contributed by atoms with Gasteiger partial charge in [-0.25, -0.2) is 14.8 Å². The lowest BCUT2D eigenvalue weighted by Crippen LogP contribution is -2.13. The molecule has 0 atom stereocenters. The van der Waals surface area contributed by atoms with Crippen LogP contribution in [0.15, 0.2) is 36.5 Å². The van der Waals surface area contributed by atoms with E-state index in [1.165, 1.54) is 29.7 Å². The van der Waals surface area contributed by atoms with Crippen molar-refractivity contribution >= 4 is 38.6 Å². The van der Waals surface area contributed by atoms with Crippen LogP contribution in [0.25, 0.3) is 10.2 Å². The number of carbonyl (C=O) groups is 2. The van der Waals surface area contributed by atoms with E-state index in [9.17, 15) is 14.7 Å². The average Bonchev–Trinajstić information content (AvgIpc) is 2.95. The number of ether oxygens (including phenoxy) is 1. The Balaban J connectivity index is 1.83. The molecule has 0 fully saturated rings. The second kappa shape index (κ2) is 6.86. The minimum absolute atomic E-state index is 0.0806. The molecular formula is C17H15N3O4S. The number of thiazole rings is 1. The van der Waals surface area contributed by atoms with Gasteiger partial charge in [0.2, 0.25) is 0 Å². The molecule has 7 nitrogen and oxygen atoms in total. The van der Waals surface area contributed by atoms with Crippen molar-refractivity contribution in [3.05, 3.63) is 47.8 Å². The van der Waals surface area contributed by atoms with Crippen LogP contribution >= 0.6 is 11.3 Å². The average molecular weight is 357 g/mol. The molecule has 0 aliphatic carbocycles. The molecule has 0 aliphatic rings. The smallest absolute Gasteiger partial charge is 0.338 e. The fourth-order valence-electron chi connectivity index (χ4n) is 2.12. The van der Waals surface area contributed by atoms with Crippen molar-refractivity contribution in [3.63, 3.8) is 0 Å². The van der Waals surface area contributed by atoms with Gasteiger partial charge in [-0.2, -0.15) is 0 Å². The van der Waals surface area contributed by atoms with Gasteiger partial charge in [0.05, 0.1) is 21.9 Å². The first kappa shape index (κ1) is 16.8. The second-order valence-corrected chi connectivity index (χ2v) is 6.51. The summed E-state index contributed by atoms with van der Waals surface area (Å²) in [6.07, 6.45) is 1.21. The number of aromatic nitrogens is 2. The molecule has 2 heterocycles. The maximum atomic E-state index is 12.2. The molecule has 3 rings (SSSR count). The third-order valence-corrected chi connectivity index (χ3v) is 4.12. The number of benzene rings is 1. The lowest BCUT2D eigenvalue weighted by atomic mass is 10.2. The zero-order valence-electron chi connectivity index (χ0n) is 13.5. The predicted octanol–water partition coefficient (Wildman–Crippen LogP) is 3.21. The number of anilines is 1. The summed E-state index contributed by atoms with van der Waals surface area (Å²) in [6, 6.07) is 7.90. The molecule has 8 heteroatoms. The molecule has 0 saturated heterocycles. The van der Waals surface area contributed by atoms with E-state index >= 15 is 0 Å². The SMILES string of the molecule is CC(C)OC(=O)c1ccc2nc(NC(=O)c3ncccc3O)sc2c1. The van der Waals surface area contributed by atoms with E-state index in [0.29, 0.717) is 16.2 Å². The van der Waals surface area contributed by atoms with Crippen molar-refractivity contribution in [1.82, 2.24) is 9.97 Å². The van der Waals surface area contributed by atoms with Crippen molar-refractivity contribution in [3.8, 4) is 5.75 Å². The molecular weight excluding hydrogens is 342 g/mol. The van der Waals surface area contributed by atoms with E-state index in [4.69, 9.17) is 4.74 Å². The van der Waals surface area contributed by atoms with Crippen LogP contribution < -0.4 is 5.32 Å². The Morgan fingerprint density at radius 1 is 1.28 bits per heavy atom. The molecule has 0 radical (unpaired) electrons.